The number of hydrogen-bond donors (Lipinski definition) is 0. The summed E-state index contributed by atoms with van der Waals surface area (Å²) in [7, 11) is 0. The lowest BCUT2D eigenvalue weighted by molar-refractivity contribution is 0.0971. The van der Waals surface area contributed by atoms with Gasteiger partial charge in [0.2, 0.25) is 0 Å². The number of rotatable bonds is 4. The number of ether oxygens (including phenoxy) is 1. The van der Waals surface area contributed by atoms with Crippen molar-refractivity contribution in [3.05, 3.63) is 35.9 Å². The molecule has 0 radical (unpaired) electrons. The summed E-state index contributed by atoms with van der Waals surface area (Å²) in [5, 5.41) is 0. The molecule has 1 aliphatic heterocycles. The molecule has 4 nitrogen and oxygen atoms in total. The Morgan fingerprint density at radius 2 is 2.06 bits per heavy atom. The van der Waals surface area contributed by atoms with Crippen molar-refractivity contribution in [2.24, 2.45) is 0 Å². The Balaban J connectivity index is 1.87. The van der Waals surface area contributed by atoms with Gasteiger partial charge in [-0.05, 0) is 0 Å². The van der Waals surface area contributed by atoms with Crippen LogP contribution in [0.15, 0.2) is 30.3 Å². The molecule has 0 N–H and O–H groups in total. The number of hydrogen-bond acceptors (Lipinski definition) is 3. The minimum atomic E-state index is -0.319. The summed E-state index contributed by atoms with van der Waals surface area (Å²) in [4.78, 5) is 24.4. The summed E-state index contributed by atoms with van der Waals surface area (Å²) in [5.41, 5.74) is 0.690. The van der Waals surface area contributed by atoms with Crippen molar-refractivity contribution in [2.45, 2.75) is 6.42 Å². The number of amides is 1. The zero-order valence-corrected chi connectivity index (χ0v) is 8.89. The molecular formula is C12H13NO3. The Morgan fingerprint density at radius 3 is 2.69 bits per heavy atom. The fourth-order valence-electron chi connectivity index (χ4n) is 1.63. The first-order valence-corrected chi connectivity index (χ1v) is 5.27. The van der Waals surface area contributed by atoms with Crippen LogP contribution in [0.4, 0.5) is 4.79 Å². The van der Waals surface area contributed by atoms with Crippen LogP contribution in [0.1, 0.15) is 16.8 Å². The first-order valence-electron chi connectivity index (χ1n) is 5.27. The first kappa shape index (κ1) is 10.7. The molecule has 1 fully saturated rings. The molecule has 16 heavy (non-hydrogen) atoms. The van der Waals surface area contributed by atoms with Crippen molar-refractivity contribution < 1.29 is 14.3 Å². The summed E-state index contributed by atoms with van der Waals surface area (Å²) in [6, 6.07) is 9.10. The van der Waals surface area contributed by atoms with Crippen LogP contribution in [0.25, 0.3) is 0 Å². The molecule has 1 aromatic carbocycles. The summed E-state index contributed by atoms with van der Waals surface area (Å²) in [5.74, 6) is 0.0558. The van der Waals surface area contributed by atoms with Gasteiger partial charge in [0.25, 0.3) is 0 Å². The quantitative estimate of drug-likeness (QED) is 0.724. The number of ketones is 1. The lowest BCUT2D eigenvalue weighted by atomic mass is 10.1. The molecule has 84 valence electrons. The molecule has 0 aliphatic carbocycles. The third-order valence-corrected chi connectivity index (χ3v) is 2.55. The van der Waals surface area contributed by atoms with E-state index in [4.69, 9.17) is 4.74 Å². The molecule has 0 bridgehead atoms. The second-order valence-corrected chi connectivity index (χ2v) is 3.64. The normalized spacial score (nSPS) is 15.0. The largest absolute Gasteiger partial charge is 0.448 e. The van der Waals surface area contributed by atoms with Crippen LogP contribution < -0.4 is 0 Å². The zero-order chi connectivity index (χ0) is 11.4. The minimum Gasteiger partial charge on any atom is -0.448 e. The highest BCUT2D eigenvalue weighted by molar-refractivity contribution is 5.96. The van der Waals surface area contributed by atoms with Gasteiger partial charge in [0.05, 0.1) is 6.54 Å². The second kappa shape index (κ2) is 4.79. The van der Waals surface area contributed by atoms with Crippen LogP contribution in [-0.2, 0) is 4.74 Å². The molecule has 0 unspecified atom stereocenters. The smallest absolute Gasteiger partial charge is 0.409 e. The maximum Gasteiger partial charge on any atom is 0.409 e. The molecule has 2 rings (SSSR count). The number of carbonyl (C=O) groups excluding carboxylic acids is 2. The van der Waals surface area contributed by atoms with E-state index in [9.17, 15) is 9.59 Å². The molecule has 0 aromatic heterocycles. The third-order valence-electron chi connectivity index (χ3n) is 2.55. The molecule has 1 aromatic rings. The van der Waals surface area contributed by atoms with Crippen molar-refractivity contribution in [3.63, 3.8) is 0 Å². The molecular weight excluding hydrogens is 206 g/mol. The van der Waals surface area contributed by atoms with E-state index in [0.29, 0.717) is 31.7 Å². The van der Waals surface area contributed by atoms with Crippen molar-refractivity contribution in [2.75, 3.05) is 19.7 Å². The average Bonchev–Trinajstić information content (AvgIpc) is 2.73. The van der Waals surface area contributed by atoms with E-state index in [1.54, 1.807) is 17.0 Å². The topological polar surface area (TPSA) is 46.6 Å². The minimum absolute atomic E-state index is 0.0558. The highest BCUT2D eigenvalue weighted by Crippen LogP contribution is 2.07. The Hall–Kier alpha value is -1.84. The lowest BCUT2D eigenvalue weighted by Crippen LogP contribution is -2.26. The van der Waals surface area contributed by atoms with Crippen LogP contribution in [0.2, 0.25) is 0 Å². The van der Waals surface area contributed by atoms with Crippen LogP contribution in [0, 0.1) is 0 Å². The van der Waals surface area contributed by atoms with E-state index < -0.39 is 0 Å². The molecule has 1 amide bonds. The average molecular weight is 219 g/mol. The van der Waals surface area contributed by atoms with E-state index in [1.807, 2.05) is 18.2 Å². The van der Waals surface area contributed by atoms with Crippen molar-refractivity contribution in [3.8, 4) is 0 Å². The molecule has 1 heterocycles. The van der Waals surface area contributed by atoms with Crippen molar-refractivity contribution in [1.82, 2.24) is 4.90 Å². The van der Waals surface area contributed by atoms with Crippen LogP contribution in [0.5, 0.6) is 0 Å². The van der Waals surface area contributed by atoms with Crippen LogP contribution >= 0.6 is 0 Å². The van der Waals surface area contributed by atoms with Gasteiger partial charge < -0.3 is 9.64 Å². The zero-order valence-electron chi connectivity index (χ0n) is 8.89. The molecule has 1 aliphatic rings. The molecule has 0 atom stereocenters. The first-order chi connectivity index (χ1) is 7.77. The monoisotopic (exact) mass is 219 g/mol. The Kier molecular flexibility index (Phi) is 3.19. The molecule has 4 heteroatoms. The lowest BCUT2D eigenvalue weighted by Gasteiger charge is -2.11. The van der Waals surface area contributed by atoms with Gasteiger partial charge in [0, 0.05) is 18.5 Å². The predicted octanol–water partition coefficient (Wildman–Crippen LogP) is 1.71. The van der Waals surface area contributed by atoms with Crippen molar-refractivity contribution in [1.29, 1.82) is 0 Å². The van der Waals surface area contributed by atoms with E-state index in [0.717, 1.165) is 0 Å². The molecule has 0 spiro atoms. The second-order valence-electron chi connectivity index (χ2n) is 3.64. The van der Waals surface area contributed by atoms with Gasteiger partial charge in [-0.3, -0.25) is 4.79 Å². The maximum absolute atomic E-state index is 11.7. The van der Waals surface area contributed by atoms with Gasteiger partial charge in [0.1, 0.15) is 6.61 Å². The number of Topliss-reactive ketones (excluding diaryl/α,β-unsaturated/α-hetero) is 1. The van der Waals surface area contributed by atoms with Gasteiger partial charge in [-0.15, -0.1) is 0 Å². The number of nitrogens with zero attached hydrogens (tertiary/aromatic N) is 1. The van der Waals surface area contributed by atoms with E-state index in [-0.39, 0.29) is 11.9 Å². The van der Waals surface area contributed by atoms with Gasteiger partial charge in [-0.2, -0.15) is 0 Å². The van der Waals surface area contributed by atoms with Gasteiger partial charge >= 0.3 is 6.09 Å². The number of cyclic esters (lactones) is 1. The summed E-state index contributed by atoms with van der Waals surface area (Å²) in [6.45, 7) is 1.45. The standard InChI is InChI=1S/C12H13NO3/c14-11(10-4-2-1-3-5-10)6-7-13-8-9-16-12(13)15/h1-5H,6-9H2. The predicted molar refractivity (Wildman–Crippen MR) is 58.3 cm³/mol. The van der Waals surface area contributed by atoms with Crippen molar-refractivity contribution >= 4 is 11.9 Å². The summed E-state index contributed by atoms with van der Waals surface area (Å²) >= 11 is 0. The van der Waals surface area contributed by atoms with E-state index in [2.05, 4.69) is 0 Å². The highest BCUT2D eigenvalue weighted by Gasteiger charge is 2.22. The third kappa shape index (κ3) is 2.39. The Labute approximate surface area is 93.8 Å². The van der Waals surface area contributed by atoms with Gasteiger partial charge in [-0.25, -0.2) is 4.79 Å². The van der Waals surface area contributed by atoms with E-state index >= 15 is 0 Å². The SMILES string of the molecule is O=C(CCN1CCOC1=O)c1ccccc1. The van der Waals surface area contributed by atoms with Crippen LogP contribution in [-0.4, -0.2) is 36.5 Å². The fraction of sp³-hybridized carbons (Fsp3) is 0.333. The Bertz CT molecular complexity index is 389. The fourth-order valence-corrected chi connectivity index (χ4v) is 1.63. The highest BCUT2D eigenvalue weighted by atomic mass is 16.6. The van der Waals surface area contributed by atoms with Gasteiger partial charge in [-0.1, -0.05) is 30.3 Å². The van der Waals surface area contributed by atoms with Gasteiger partial charge in [0.15, 0.2) is 5.78 Å². The molecule has 0 saturated carbocycles. The number of carbonyl (C=O) groups is 2. The maximum atomic E-state index is 11.7. The van der Waals surface area contributed by atoms with Crippen LogP contribution in [0.3, 0.4) is 0 Å². The molecule has 1 saturated heterocycles. The van der Waals surface area contributed by atoms with E-state index in [1.165, 1.54) is 0 Å². The summed E-state index contributed by atoms with van der Waals surface area (Å²) < 4.78 is 4.78. The summed E-state index contributed by atoms with van der Waals surface area (Å²) in [6.07, 6.45) is 0.0277. The Morgan fingerprint density at radius 1 is 1.31 bits per heavy atom. The number of benzene rings is 1.